The van der Waals surface area contributed by atoms with E-state index in [9.17, 15) is 4.79 Å². The zero-order valence-electron chi connectivity index (χ0n) is 7.94. The third kappa shape index (κ3) is 2.13. The van der Waals surface area contributed by atoms with Gasteiger partial charge in [-0.25, -0.2) is 4.79 Å². The Kier molecular flexibility index (Phi) is 2.81. The molecule has 2 rings (SSSR count). The van der Waals surface area contributed by atoms with E-state index in [0.29, 0.717) is 0 Å². The fourth-order valence-electron chi connectivity index (χ4n) is 1.71. The number of rotatable bonds is 2. The van der Waals surface area contributed by atoms with Gasteiger partial charge in [-0.1, -0.05) is 11.6 Å². The summed E-state index contributed by atoms with van der Waals surface area (Å²) in [6, 6.07) is 1.52. The molecule has 14 heavy (non-hydrogen) atoms. The van der Waals surface area contributed by atoms with Crippen LogP contribution in [-0.2, 0) is 4.74 Å². The standard InChI is InChI=1S/C10H13NO3/c12-10(9-6-7-13-11-9)14-8-4-2-1-3-5-8/h6-8H,1-5H2. The average Bonchev–Trinajstić information content (AvgIpc) is 2.72. The van der Waals surface area contributed by atoms with Crippen LogP contribution in [0.5, 0.6) is 0 Å². The summed E-state index contributed by atoms with van der Waals surface area (Å²) in [6.07, 6.45) is 6.95. The summed E-state index contributed by atoms with van der Waals surface area (Å²) in [4.78, 5) is 11.4. The van der Waals surface area contributed by atoms with Gasteiger partial charge in [0.2, 0.25) is 0 Å². The van der Waals surface area contributed by atoms with Gasteiger partial charge in [-0.05, 0) is 25.7 Å². The third-order valence-corrected chi connectivity index (χ3v) is 2.47. The Balaban J connectivity index is 1.87. The van der Waals surface area contributed by atoms with E-state index < -0.39 is 0 Å². The van der Waals surface area contributed by atoms with Crippen LogP contribution in [0.1, 0.15) is 42.6 Å². The van der Waals surface area contributed by atoms with Gasteiger partial charge in [0.25, 0.3) is 0 Å². The monoisotopic (exact) mass is 195 g/mol. The Morgan fingerprint density at radius 3 is 2.86 bits per heavy atom. The predicted octanol–water partition coefficient (Wildman–Crippen LogP) is 2.16. The summed E-state index contributed by atoms with van der Waals surface area (Å²) in [6.45, 7) is 0. The minimum Gasteiger partial charge on any atom is -0.458 e. The minimum absolute atomic E-state index is 0.0768. The molecule has 0 radical (unpaired) electrons. The highest BCUT2D eigenvalue weighted by Gasteiger charge is 2.19. The van der Waals surface area contributed by atoms with E-state index in [2.05, 4.69) is 9.68 Å². The molecule has 0 amide bonds. The number of nitrogens with zero attached hydrogens (tertiary/aromatic N) is 1. The molecule has 4 nitrogen and oxygen atoms in total. The molecular weight excluding hydrogens is 182 g/mol. The second-order valence-corrected chi connectivity index (χ2v) is 3.55. The lowest BCUT2D eigenvalue weighted by atomic mass is 9.98. The smallest absolute Gasteiger partial charge is 0.360 e. The molecule has 1 aliphatic rings. The van der Waals surface area contributed by atoms with E-state index in [1.54, 1.807) is 0 Å². The first-order valence-corrected chi connectivity index (χ1v) is 4.97. The van der Waals surface area contributed by atoms with Crippen molar-refractivity contribution in [3.63, 3.8) is 0 Å². The van der Waals surface area contributed by atoms with E-state index in [-0.39, 0.29) is 17.8 Å². The van der Waals surface area contributed by atoms with Gasteiger partial charge < -0.3 is 9.26 Å². The SMILES string of the molecule is O=C(OC1CCCCC1)c1ccon1. The van der Waals surface area contributed by atoms with Crippen LogP contribution in [0.25, 0.3) is 0 Å². The molecule has 0 spiro atoms. The summed E-state index contributed by atoms with van der Waals surface area (Å²) in [5, 5.41) is 3.53. The number of ether oxygens (including phenoxy) is 1. The number of carbonyl (C=O) groups excluding carboxylic acids is 1. The molecule has 1 saturated carbocycles. The molecule has 0 aliphatic heterocycles. The minimum atomic E-state index is -0.370. The Morgan fingerprint density at radius 1 is 1.43 bits per heavy atom. The van der Waals surface area contributed by atoms with Crippen molar-refractivity contribution in [2.24, 2.45) is 0 Å². The highest BCUT2D eigenvalue weighted by Crippen LogP contribution is 2.21. The van der Waals surface area contributed by atoms with Crippen molar-refractivity contribution in [2.75, 3.05) is 0 Å². The highest BCUT2D eigenvalue weighted by atomic mass is 16.5. The molecular formula is C10H13NO3. The first-order valence-electron chi connectivity index (χ1n) is 4.97. The molecule has 0 N–H and O–H groups in total. The highest BCUT2D eigenvalue weighted by molar-refractivity contribution is 5.86. The first kappa shape index (κ1) is 9.24. The van der Waals surface area contributed by atoms with Gasteiger partial charge >= 0.3 is 5.97 Å². The summed E-state index contributed by atoms with van der Waals surface area (Å²) < 4.78 is 9.85. The van der Waals surface area contributed by atoms with Crippen LogP contribution in [0.15, 0.2) is 16.9 Å². The van der Waals surface area contributed by atoms with Crippen LogP contribution in [0, 0.1) is 0 Å². The molecule has 1 aliphatic carbocycles. The van der Waals surface area contributed by atoms with Crippen molar-refractivity contribution in [3.05, 3.63) is 18.0 Å². The van der Waals surface area contributed by atoms with Crippen LogP contribution < -0.4 is 0 Å². The lowest BCUT2D eigenvalue weighted by Crippen LogP contribution is -2.21. The Hall–Kier alpha value is -1.32. The molecule has 0 aromatic carbocycles. The van der Waals surface area contributed by atoms with Gasteiger partial charge in [-0.3, -0.25) is 0 Å². The summed E-state index contributed by atoms with van der Waals surface area (Å²) in [5.41, 5.74) is 0.260. The van der Waals surface area contributed by atoms with Gasteiger partial charge in [0, 0.05) is 6.07 Å². The molecule has 0 atom stereocenters. The molecule has 1 aromatic rings. The Bertz CT molecular complexity index is 288. The quantitative estimate of drug-likeness (QED) is 0.678. The third-order valence-electron chi connectivity index (χ3n) is 2.47. The van der Waals surface area contributed by atoms with Crippen molar-refractivity contribution in [1.29, 1.82) is 0 Å². The van der Waals surface area contributed by atoms with E-state index in [1.165, 1.54) is 18.8 Å². The van der Waals surface area contributed by atoms with E-state index in [0.717, 1.165) is 25.7 Å². The second kappa shape index (κ2) is 4.26. The largest absolute Gasteiger partial charge is 0.458 e. The lowest BCUT2D eigenvalue weighted by Gasteiger charge is -2.21. The maximum Gasteiger partial charge on any atom is 0.360 e. The maximum atomic E-state index is 11.4. The van der Waals surface area contributed by atoms with Crippen molar-refractivity contribution < 1.29 is 14.1 Å². The lowest BCUT2D eigenvalue weighted by molar-refractivity contribution is 0.0200. The topological polar surface area (TPSA) is 52.3 Å². The molecule has 0 unspecified atom stereocenters. The summed E-state index contributed by atoms with van der Waals surface area (Å²) in [7, 11) is 0. The number of hydrogen-bond donors (Lipinski definition) is 0. The van der Waals surface area contributed by atoms with Crippen molar-refractivity contribution >= 4 is 5.97 Å². The van der Waals surface area contributed by atoms with E-state index in [1.807, 2.05) is 0 Å². The first-order chi connectivity index (χ1) is 6.86. The van der Waals surface area contributed by atoms with Crippen LogP contribution in [0.3, 0.4) is 0 Å². The summed E-state index contributed by atoms with van der Waals surface area (Å²) >= 11 is 0. The molecule has 1 fully saturated rings. The van der Waals surface area contributed by atoms with E-state index in [4.69, 9.17) is 4.74 Å². The molecule has 76 valence electrons. The van der Waals surface area contributed by atoms with E-state index >= 15 is 0 Å². The predicted molar refractivity (Wildman–Crippen MR) is 48.8 cm³/mol. The van der Waals surface area contributed by atoms with Crippen molar-refractivity contribution in [2.45, 2.75) is 38.2 Å². The van der Waals surface area contributed by atoms with Crippen LogP contribution >= 0.6 is 0 Å². The molecule has 0 bridgehead atoms. The zero-order valence-corrected chi connectivity index (χ0v) is 7.94. The number of hydrogen-bond acceptors (Lipinski definition) is 4. The Morgan fingerprint density at radius 2 is 2.21 bits per heavy atom. The van der Waals surface area contributed by atoms with Gasteiger partial charge in [-0.2, -0.15) is 0 Å². The van der Waals surface area contributed by atoms with Gasteiger partial charge in [-0.15, -0.1) is 0 Å². The molecule has 1 aromatic heterocycles. The molecule has 1 heterocycles. The average molecular weight is 195 g/mol. The number of esters is 1. The fourth-order valence-corrected chi connectivity index (χ4v) is 1.71. The maximum absolute atomic E-state index is 11.4. The zero-order chi connectivity index (χ0) is 9.80. The fraction of sp³-hybridized carbons (Fsp3) is 0.600. The molecule has 0 saturated heterocycles. The van der Waals surface area contributed by atoms with Crippen LogP contribution in [-0.4, -0.2) is 17.2 Å². The van der Waals surface area contributed by atoms with Gasteiger partial charge in [0.1, 0.15) is 12.4 Å². The summed E-state index contributed by atoms with van der Waals surface area (Å²) in [5.74, 6) is -0.370. The second-order valence-electron chi connectivity index (χ2n) is 3.55. The van der Waals surface area contributed by atoms with Crippen LogP contribution in [0.2, 0.25) is 0 Å². The van der Waals surface area contributed by atoms with Gasteiger partial charge in [0.05, 0.1) is 0 Å². The van der Waals surface area contributed by atoms with Crippen molar-refractivity contribution in [3.8, 4) is 0 Å². The number of carbonyl (C=O) groups is 1. The van der Waals surface area contributed by atoms with Crippen LogP contribution in [0.4, 0.5) is 0 Å². The van der Waals surface area contributed by atoms with Crippen molar-refractivity contribution in [1.82, 2.24) is 5.16 Å². The molecule has 4 heteroatoms. The Labute approximate surface area is 82.2 Å². The number of aromatic nitrogens is 1. The van der Waals surface area contributed by atoms with Gasteiger partial charge in [0.15, 0.2) is 5.69 Å². The normalized spacial score (nSPS) is 18.0.